The highest BCUT2D eigenvalue weighted by atomic mass is 35.5. The second-order valence-corrected chi connectivity index (χ2v) is 6.16. The zero-order chi connectivity index (χ0) is 14.1. The molecule has 2 aromatic carbocycles. The van der Waals surface area contributed by atoms with Gasteiger partial charge in [-0.05, 0) is 48.4 Å². The molecule has 0 aliphatic carbocycles. The zero-order valence-electron chi connectivity index (χ0n) is 11.1. The number of hydrogen-bond acceptors (Lipinski definition) is 3. The summed E-state index contributed by atoms with van der Waals surface area (Å²) < 4.78 is 5.52. The van der Waals surface area contributed by atoms with Gasteiger partial charge in [-0.25, -0.2) is 0 Å². The summed E-state index contributed by atoms with van der Waals surface area (Å²) in [5, 5.41) is 11.2. The summed E-state index contributed by atoms with van der Waals surface area (Å²) in [6.45, 7) is 2.57. The third-order valence-electron chi connectivity index (χ3n) is 3.34. The van der Waals surface area contributed by atoms with Crippen LogP contribution in [-0.4, -0.2) is 11.7 Å². The van der Waals surface area contributed by atoms with Gasteiger partial charge in [0.15, 0.2) is 0 Å². The Morgan fingerprint density at radius 3 is 2.95 bits per heavy atom. The van der Waals surface area contributed by atoms with Gasteiger partial charge in [0.25, 0.3) is 0 Å². The van der Waals surface area contributed by atoms with Crippen LogP contribution in [0.2, 0.25) is 5.02 Å². The lowest BCUT2D eigenvalue weighted by Crippen LogP contribution is -2.03. The molecule has 3 rings (SSSR count). The normalized spacial score (nSPS) is 17.1. The number of ether oxygens (including phenoxy) is 1. The van der Waals surface area contributed by atoms with Crippen LogP contribution in [0.25, 0.3) is 0 Å². The van der Waals surface area contributed by atoms with E-state index >= 15 is 0 Å². The monoisotopic (exact) mass is 306 g/mol. The summed E-state index contributed by atoms with van der Waals surface area (Å²) in [6, 6.07) is 11.7. The first-order valence-electron chi connectivity index (χ1n) is 6.59. The summed E-state index contributed by atoms with van der Waals surface area (Å²) in [5.74, 6) is 0.794. The lowest BCUT2D eigenvalue weighted by Gasteiger charge is -2.13. The molecule has 20 heavy (non-hydrogen) atoms. The number of hydrogen-bond donors (Lipinski definition) is 1. The highest BCUT2D eigenvalue weighted by molar-refractivity contribution is 7.99. The maximum absolute atomic E-state index is 10.5. The van der Waals surface area contributed by atoms with Crippen LogP contribution in [-0.2, 0) is 6.42 Å². The molecule has 104 valence electrons. The third-order valence-corrected chi connectivity index (χ3v) is 4.89. The molecule has 1 aliphatic rings. The van der Waals surface area contributed by atoms with Crippen LogP contribution in [0.5, 0.6) is 5.75 Å². The Balaban J connectivity index is 2.06. The molecule has 1 unspecified atom stereocenters. The predicted octanol–water partition coefficient (Wildman–Crippen LogP) is 4.48. The van der Waals surface area contributed by atoms with Gasteiger partial charge in [-0.2, -0.15) is 0 Å². The van der Waals surface area contributed by atoms with Crippen molar-refractivity contribution in [1.29, 1.82) is 0 Å². The van der Waals surface area contributed by atoms with Gasteiger partial charge < -0.3 is 9.84 Å². The molecule has 0 saturated heterocycles. The summed E-state index contributed by atoms with van der Waals surface area (Å²) in [6.07, 6.45) is -0.0241. The highest BCUT2D eigenvalue weighted by Crippen LogP contribution is 2.43. The second-order valence-electron chi connectivity index (χ2n) is 4.67. The van der Waals surface area contributed by atoms with Crippen molar-refractivity contribution < 1.29 is 9.84 Å². The van der Waals surface area contributed by atoms with Crippen LogP contribution in [0.15, 0.2) is 46.2 Å². The Morgan fingerprint density at radius 2 is 2.15 bits per heavy atom. The summed E-state index contributed by atoms with van der Waals surface area (Å²) in [4.78, 5) is 2.17. The van der Waals surface area contributed by atoms with Crippen molar-refractivity contribution in [2.24, 2.45) is 0 Å². The first-order valence-corrected chi connectivity index (χ1v) is 7.78. The van der Waals surface area contributed by atoms with E-state index in [-0.39, 0.29) is 0 Å². The van der Waals surface area contributed by atoms with Gasteiger partial charge in [0.05, 0.1) is 12.7 Å². The Morgan fingerprint density at radius 1 is 1.30 bits per heavy atom. The smallest absolute Gasteiger partial charge is 0.119 e. The molecular weight excluding hydrogens is 292 g/mol. The van der Waals surface area contributed by atoms with Gasteiger partial charge in [0.2, 0.25) is 0 Å². The third kappa shape index (κ3) is 2.53. The highest BCUT2D eigenvalue weighted by Gasteiger charge is 2.23. The molecule has 1 N–H and O–H groups in total. The molecule has 0 fully saturated rings. The fourth-order valence-corrected chi connectivity index (χ4v) is 3.85. The van der Waals surface area contributed by atoms with Gasteiger partial charge in [-0.15, -0.1) is 0 Å². The lowest BCUT2D eigenvalue weighted by atomic mass is 10.0. The number of benzene rings is 2. The second kappa shape index (κ2) is 5.68. The van der Waals surface area contributed by atoms with E-state index in [0.717, 1.165) is 26.7 Å². The van der Waals surface area contributed by atoms with Crippen LogP contribution in [0, 0.1) is 0 Å². The number of aliphatic hydroxyl groups excluding tert-OH is 1. The molecule has 0 bridgehead atoms. The molecule has 1 aliphatic heterocycles. The molecule has 1 atom stereocenters. The van der Waals surface area contributed by atoms with Crippen molar-refractivity contribution in [1.82, 2.24) is 0 Å². The van der Waals surface area contributed by atoms with Gasteiger partial charge in [-0.3, -0.25) is 0 Å². The van der Waals surface area contributed by atoms with Crippen LogP contribution < -0.4 is 4.74 Å². The standard InChI is InChI=1S/C16H15ClO2S/c1-2-19-10-6-7-16-12(8-10)14(18)9-11-13(17)4-3-5-15(11)20-16/h3-8,14,18H,2,9H2,1H3. The van der Waals surface area contributed by atoms with E-state index < -0.39 is 6.10 Å². The molecule has 0 amide bonds. The van der Waals surface area contributed by atoms with Crippen LogP contribution >= 0.6 is 23.4 Å². The largest absolute Gasteiger partial charge is 0.494 e. The van der Waals surface area contributed by atoms with Crippen LogP contribution in [0.1, 0.15) is 24.2 Å². The Bertz CT molecular complexity index is 642. The van der Waals surface area contributed by atoms with Crippen LogP contribution in [0.3, 0.4) is 0 Å². The number of halogens is 1. The maximum Gasteiger partial charge on any atom is 0.119 e. The molecule has 0 aromatic heterocycles. The Hall–Kier alpha value is -1.16. The Kier molecular flexibility index (Phi) is 3.92. The van der Waals surface area contributed by atoms with E-state index in [4.69, 9.17) is 16.3 Å². The van der Waals surface area contributed by atoms with Crippen molar-refractivity contribution in [3.05, 3.63) is 52.5 Å². The lowest BCUT2D eigenvalue weighted by molar-refractivity contribution is 0.175. The van der Waals surface area contributed by atoms with Crippen molar-refractivity contribution in [3.8, 4) is 5.75 Å². The van der Waals surface area contributed by atoms with Gasteiger partial charge in [0, 0.05) is 21.2 Å². The molecular formula is C16H15ClO2S. The molecule has 2 aromatic rings. The SMILES string of the molecule is CCOc1ccc2c(c1)C(O)Cc1c(Cl)cccc1S2. The minimum Gasteiger partial charge on any atom is -0.494 e. The summed E-state index contributed by atoms with van der Waals surface area (Å²) >= 11 is 7.90. The zero-order valence-corrected chi connectivity index (χ0v) is 12.7. The number of fused-ring (bicyclic) bond motifs is 2. The van der Waals surface area contributed by atoms with E-state index in [1.54, 1.807) is 11.8 Å². The minimum absolute atomic E-state index is 0.532. The fraction of sp³-hybridized carbons (Fsp3) is 0.250. The van der Waals surface area contributed by atoms with E-state index in [0.29, 0.717) is 18.1 Å². The first kappa shape index (κ1) is 13.8. The van der Waals surface area contributed by atoms with E-state index in [9.17, 15) is 5.11 Å². The number of aliphatic hydroxyl groups is 1. The van der Waals surface area contributed by atoms with E-state index in [1.807, 2.05) is 43.3 Å². The van der Waals surface area contributed by atoms with Crippen molar-refractivity contribution in [2.75, 3.05) is 6.61 Å². The molecule has 0 radical (unpaired) electrons. The molecule has 2 nitrogen and oxygen atoms in total. The van der Waals surface area contributed by atoms with E-state index in [2.05, 4.69) is 0 Å². The fourth-order valence-electron chi connectivity index (χ4n) is 2.39. The molecule has 0 saturated carbocycles. The summed E-state index contributed by atoms with van der Waals surface area (Å²) in [7, 11) is 0. The Labute approximate surface area is 127 Å². The van der Waals surface area contributed by atoms with Gasteiger partial charge >= 0.3 is 0 Å². The number of rotatable bonds is 2. The van der Waals surface area contributed by atoms with E-state index in [1.165, 1.54) is 0 Å². The van der Waals surface area contributed by atoms with Crippen molar-refractivity contribution in [2.45, 2.75) is 29.2 Å². The molecule has 4 heteroatoms. The molecule has 1 heterocycles. The minimum atomic E-state index is -0.556. The van der Waals surface area contributed by atoms with Crippen LogP contribution in [0.4, 0.5) is 0 Å². The van der Waals surface area contributed by atoms with Gasteiger partial charge in [0.1, 0.15) is 5.75 Å². The van der Waals surface area contributed by atoms with Gasteiger partial charge in [-0.1, -0.05) is 29.4 Å². The quantitative estimate of drug-likeness (QED) is 0.887. The average Bonchev–Trinajstić information content (AvgIpc) is 2.57. The average molecular weight is 307 g/mol. The summed E-state index contributed by atoms with van der Waals surface area (Å²) in [5.41, 5.74) is 1.93. The maximum atomic E-state index is 10.5. The topological polar surface area (TPSA) is 29.5 Å². The van der Waals surface area contributed by atoms with Crippen molar-refractivity contribution >= 4 is 23.4 Å². The predicted molar refractivity (Wildman–Crippen MR) is 81.8 cm³/mol. The first-order chi connectivity index (χ1) is 9.69. The molecule has 0 spiro atoms. The van der Waals surface area contributed by atoms with Crippen molar-refractivity contribution in [3.63, 3.8) is 0 Å².